The van der Waals surface area contributed by atoms with Gasteiger partial charge in [-0.05, 0) is 12.1 Å². The zero-order chi connectivity index (χ0) is 18.3. The largest absolute Gasteiger partial charge is 0.394 e. The van der Waals surface area contributed by atoms with Gasteiger partial charge in [-0.15, -0.1) is 0 Å². The van der Waals surface area contributed by atoms with E-state index in [4.69, 9.17) is 4.74 Å². The minimum atomic E-state index is -0.822. The molecule has 4 N–H and O–H groups in total. The molecule has 0 spiro atoms. The van der Waals surface area contributed by atoms with Crippen molar-refractivity contribution in [2.75, 3.05) is 19.0 Å². The number of nitrogens with one attached hydrogen (secondary N) is 2. The number of hydrogen-bond acceptors (Lipinski definition) is 6. The second-order valence-electron chi connectivity index (χ2n) is 6.33. The number of aromatic amines is 1. The third-order valence-electron chi connectivity index (χ3n) is 4.70. The molecule has 3 atom stereocenters. The highest BCUT2D eigenvalue weighted by Crippen LogP contribution is 2.31. The third-order valence-corrected chi connectivity index (χ3v) is 4.70. The number of benzene rings is 1. The Bertz CT molecular complexity index is 963. The number of fused-ring (bicyclic) bond motifs is 1. The van der Waals surface area contributed by atoms with Crippen LogP contribution in [0.15, 0.2) is 41.3 Å². The number of aromatic nitrogens is 3. The Morgan fingerprint density at radius 2 is 2.23 bits per heavy atom. The van der Waals surface area contributed by atoms with Crippen LogP contribution >= 0.6 is 0 Å². The topological polar surface area (TPSA) is 112 Å². The van der Waals surface area contributed by atoms with Gasteiger partial charge in [0.05, 0.1) is 24.0 Å². The Balaban J connectivity index is 1.80. The van der Waals surface area contributed by atoms with Gasteiger partial charge in [0, 0.05) is 30.6 Å². The minimum Gasteiger partial charge on any atom is -0.394 e. The lowest BCUT2D eigenvalue weighted by Crippen LogP contribution is -2.28. The lowest BCUT2D eigenvalue weighted by molar-refractivity contribution is -0.0458. The summed E-state index contributed by atoms with van der Waals surface area (Å²) in [5, 5.41) is 23.2. The van der Waals surface area contributed by atoms with E-state index in [0.29, 0.717) is 11.4 Å². The maximum absolute atomic E-state index is 12.4. The fourth-order valence-corrected chi connectivity index (χ4v) is 3.33. The van der Waals surface area contributed by atoms with Gasteiger partial charge in [-0.25, -0.2) is 4.79 Å². The molecule has 8 nitrogen and oxygen atoms in total. The summed E-state index contributed by atoms with van der Waals surface area (Å²) in [7, 11) is 1.70. The number of H-pyrrole nitrogens is 1. The van der Waals surface area contributed by atoms with Crippen molar-refractivity contribution >= 4 is 16.7 Å². The zero-order valence-electron chi connectivity index (χ0n) is 14.2. The van der Waals surface area contributed by atoms with E-state index in [9.17, 15) is 15.0 Å². The van der Waals surface area contributed by atoms with Gasteiger partial charge >= 0.3 is 5.69 Å². The van der Waals surface area contributed by atoms with Crippen LogP contribution in [-0.4, -0.2) is 50.6 Å². The second-order valence-corrected chi connectivity index (χ2v) is 6.33. The highest BCUT2D eigenvalue weighted by molar-refractivity contribution is 5.87. The summed E-state index contributed by atoms with van der Waals surface area (Å²) in [6.45, 7) is -0.302. The van der Waals surface area contributed by atoms with E-state index in [1.54, 1.807) is 13.2 Å². The van der Waals surface area contributed by atoms with Crippen molar-refractivity contribution in [3.8, 4) is 11.3 Å². The van der Waals surface area contributed by atoms with E-state index in [1.807, 2.05) is 30.3 Å². The Morgan fingerprint density at radius 1 is 1.42 bits per heavy atom. The number of ether oxygens (including phenoxy) is 1. The molecule has 26 heavy (non-hydrogen) atoms. The maximum Gasteiger partial charge on any atom is 0.351 e. The summed E-state index contributed by atoms with van der Waals surface area (Å²) in [5.41, 5.74) is 2.03. The van der Waals surface area contributed by atoms with E-state index in [-0.39, 0.29) is 13.0 Å². The predicted molar refractivity (Wildman–Crippen MR) is 97.0 cm³/mol. The van der Waals surface area contributed by atoms with Crippen LogP contribution in [0.3, 0.4) is 0 Å². The Kier molecular flexibility index (Phi) is 4.23. The van der Waals surface area contributed by atoms with E-state index in [0.717, 1.165) is 16.6 Å². The van der Waals surface area contributed by atoms with Crippen molar-refractivity contribution in [1.82, 2.24) is 14.5 Å². The summed E-state index contributed by atoms with van der Waals surface area (Å²) in [4.78, 5) is 19.9. The van der Waals surface area contributed by atoms with Crippen LogP contribution in [-0.2, 0) is 4.74 Å². The monoisotopic (exact) mass is 356 g/mol. The number of aliphatic hydroxyl groups excluding tert-OH is 2. The Labute approximate surface area is 149 Å². The normalized spacial score (nSPS) is 22.8. The molecular weight excluding hydrogens is 336 g/mol. The van der Waals surface area contributed by atoms with Crippen molar-refractivity contribution < 1.29 is 14.9 Å². The average molecular weight is 356 g/mol. The third kappa shape index (κ3) is 2.78. The highest BCUT2D eigenvalue weighted by atomic mass is 16.5. The number of hydrogen-bond donors (Lipinski definition) is 4. The quantitative estimate of drug-likeness (QED) is 0.556. The molecule has 8 heteroatoms. The lowest BCUT2D eigenvalue weighted by Gasteiger charge is -2.16. The molecule has 0 saturated carbocycles. The van der Waals surface area contributed by atoms with Crippen LogP contribution in [0, 0.1) is 0 Å². The SMILES string of the molecule is CNc1nc(=O)n([C@H]2C[C@H](O)[C@@H](CO)O2)cc1-c1cc2ccccc2[nH]1. The summed E-state index contributed by atoms with van der Waals surface area (Å²) in [6.07, 6.45) is -0.304. The van der Waals surface area contributed by atoms with Crippen LogP contribution in [0.2, 0.25) is 0 Å². The van der Waals surface area contributed by atoms with Crippen molar-refractivity contribution in [1.29, 1.82) is 0 Å². The lowest BCUT2D eigenvalue weighted by atomic mass is 10.2. The van der Waals surface area contributed by atoms with Gasteiger partial charge in [0.15, 0.2) is 0 Å². The van der Waals surface area contributed by atoms with Gasteiger partial charge in [-0.3, -0.25) is 4.57 Å². The second kappa shape index (κ2) is 6.56. The molecule has 0 unspecified atom stereocenters. The molecule has 3 heterocycles. The molecule has 1 aliphatic heterocycles. The predicted octanol–water partition coefficient (Wildman–Crippen LogP) is 1.07. The molecule has 1 aromatic carbocycles. The summed E-state index contributed by atoms with van der Waals surface area (Å²) in [5.74, 6) is 0.454. The maximum atomic E-state index is 12.4. The molecule has 0 bridgehead atoms. The molecule has 4 rings (SSSR count). The number of rotatable bonds is 4. The van der Waals surface area contributed by atoms with Crippen LogP contribution in [0.5, 0.6) is 0 Å². The molecule has 1 fully saturated rings. The van der Waals surface area contributed by atoms with Gasteiger partial charge in [-0.1, -0.05) is 18.2 Å². The van der Waals surface area contributed by atoms with E-state index in [2.05, 4.69) is 15.3 Å². The van der Waals surface area contributed by atoms with Crippen molar-refractivity contribution in [2.45, 2.75) is 24.9 Å². The molecule has 136 valence electrons. The Hall–Kier alpha value is -2.68. The van der Waals surface area contributed by atoms with Gasteiger partial charge < -0.3 is 25.3 Å². The van der Waals surface area contributed by atoms with Crippen LogP contribution < -0.4 is 11.0 Å². The van der Waals surface area contributed by atoms with Gasteiger partial charge in [0.2, 0.25) is 0 Å². The smallest absolute Gasteiger partial charge is 0.351 e. The fourth-order valence-electron chi connectivity index (χ4n) is 3.33. The molecule has 0 amide bonds. The van der Waals surface area contributed by atoms with Crippen molar-refractivity contribution in [2.24, 2.45) is 0 Å². The van der Waals surface area contributed by atoms with Crippen molar-refractivity contribution in [3.05, 3.63) is 47.0 Å². The van der Waals surface area contributed by atoms with Crippen LogP contribution in [0.4, 0.5) is 5.82 Å². The van der Waals surface area contributed by atoms with Gasteiger partial charge in [0.1, 0.15) is 18.1 Å². The minimum absolute atomic E-state index is 0.220. The molecule has 0 radical (unpaired) electrons. The first-order chi connectivity index (χ1) is 12.6. The van der Waals surface area contributed by atoms with E-state index in [1.165, 1.54) is 4.57 Å². The molecule has 1 aliphatic rings. The zero-order valence-corrected chi connectivity index (χ0v) is 14.2. The standard InChI is InChI=1S/C18H20N4O4/c1-19-17-11(13-6-10-4-2-3-5-12(10)20-13)8-22(18(25)21-17)16-7-14(24)15(9-23)26-16/h2-6,8,14-16,20,23-24H,7,9H2,1H3,(H,19,21,25)/t14-,15+,16+/m0/s1. The number of nitrogens with zero attached hydrogens (tertiary/aromatic N) is 2. The Morgan fingerprint density at radius 3 is 2.92 bits per heavy atom. The van der Waals surface area contributed by atoms with Crippen molar-refractivity contribution in [3.63, 3.8) is 0 Å². The molecule has 3 aromatic rings. The molecular formula is C18H20N4O4. The number of aliphatic hydroxyl groups is 2. The average Bonchev–Trinajstić information content (AvgIpc) is 3.24. The molecule has 0 aliphatic carbocycles. The summed E-state index contributed by atoms with van der Waals surface area (Å²) in [6, 6.07) is 9.87. The molecule has 2 aromatic heterocycles. The first kappa shape index (κ1) is 16.8. The van der Waals surface area contributed by atoms with Gasteiger partial charge in [0.25, 0.3) is 0 Å². The summed E-state index contributed by atoms with van der Waals surface area (Å²) >= 11 is 0. The highest BCUT2D eigenvalue weighted by Gasteiger charge is 2.35. The number of anilines is 1. The van der Waals surface area contributed by atoms with Crippen LogP contribution in [0.1, 0.15) is 12.6 Å². The van der Waals surface area contributed by atoms with E-state index < -0.39 is 24.1 Å². The fraction of sp³-hybridized carbons (Fsp3) is 0.333. The first-order valence-corrected chi connectivity index (χ1v) is 8.44. The van der Waals surface area contributed by atoms with Crippen LogP contribution in [0.25, 0.3) is 22.2 Å². The first-order valence-electron chi connectivity index (χ1n) is 8.44. The van der Waals surface area contributed by atoms with E-state index >= 15 is 0 Å². The van der Waals surface area contributed by atoms with Gasteiger partial charge in [-0.2, -0.15) is 4.98 Å². The summed E-state index contributed by atoms with van der Waals surface area (Å²) < 4.78 is 6.97. The molecule has 1 saturated heterocycles. The number of para-hydroxylation sites is 1.